The van der Waals surface area contributed by atoms with Gasteiger partial charge in [-0.1, -0.05) is 18.2 Å². The highest BCUT2D eigenvalue weighted by atomic mass is 16.5. The summed E-state index contributed by atoms with van der Waals surface area (Å²) in [6.07, 6.45) is 2.64. The van der Waals surface area contributed by atoms with E-state index in [0.717, 1.165) is 24.2 Å². The van der Waals surface area contributed by atoms with E-state index in [9.17, 15) is 9.59 Å². The van der Waals surface area contributed by atoms with Crippen LogP contribution in [-0.4, -0.2) is 31.5 Å². The van der Waals surface area contributed by atoms with Crippen molar-refractivity contribution in [2.75, 3.05) is 13.7 Å². The van der Waals surface area contributed by atoms with Gasteiger partial charge in [-0.3, -0.25) is 9.59 Å². The fraction of sp³-hybridized carbons (Fsp3) is 0.467. The van der Waals surface area contributed by atoms with Crippen LogP contribution in [-0.2, 0) is 16.0 Å². The quantitative estimate of drug-likeness (QED) is 0.731. The van der Waals surface area contributed by atoms with Gasteiger partial charge in [0.15, 0.2) is 0 Å². The summed E-state index contributed by atoms with van der Waals surface area (Å²) in [6, 6.07) is 7.99. The van der Waals surface area contributed by atoms with Gasteiger partial charge < -0.3 is 15.4 Å². The van der Waals surface area contributed by atoms with Crippen LogP contribution in [0.3, 0.4) is 0 Å². The highest BCUT2D eigenvalue weighted by molar-refractivity contribution is 5.97. The summed E-state index contributed by atoms with van der Waals surface area (Å²) in [5, 5.41) is 5.54. The molecule has 5 heteroatoms. The fourth-order valence-electron chi connectivity index (χ4n) is 1.96. The van der Waals surface area contributed by atoms with E-state index in [-0.39, 0.29) is 18.2 Å². The van der Waals surface area contributed by atoms with E-state index in [2.05, 4.69) is 10.6 Å². The van der Waals surface area contributed by atoms with Gasteiger partial charge in [-0.25, -0.2) is 0 Å². The molecule has 0 aromatic heterocycles. The summed E-state index contributed by atoms with van der Waals surface area (Å²) in [5.41, 5.74) is 1.04. The summed E-state index contributed by atoms with van der Waals surface area (Å²) in [6.45, 7) is 0.496. The molecule has 2 rings (SSSR count). The molecule has 0 atom stereocenters. The van der Waals surface area contributed by atoms with Gasteiger partial charge in [0, 0.05) is 12.6 Å². The topological polar surface area (TPSA) is 67.4 Å². The van der Waals surface area contributed by atoms with Crippen molar-refractivity contribution in [3.8, 4) is 5.75 Å². The monoisotopic (exact) mass is 276 g/mol. The molecule has 5 nitrogen and oxygen atoms in total. The van der Waals surface area contributed by atoms with Crippen LogP contribution in [0.1, 0.15) is 24.8 Å². The summed E-state index contributed by atoms with van der Waals surface area (Å²) in [4.78, 5) is 23.0. The minimum Gasteiger partial charge on any atom is -0.496 e. The third-order valence-corrected chi connectivity index (χ3v) is 3.17. The first kappa shape index (κ1) is 14.4. The second-order valence-electron chi connectivity index (χ2n) is 4.93. The predicted octanol–water partition coefficient (Wildman–Crippen LogP) is 1.02. The zero-order valence-corrected chi connectivity index (χ0v) is 11.6. The van der Waals surface area contributed by atoms with Crippen molar-refractivity contribution >= 4 is 11.8 Å². The van der Waals surface area contributed by atoms with E-state index in [0.29, 0.717) is 19.0 Å². The number of carbonyl (C=O) groups excluding carboxylic acids is 2. The third-order valence-electron chi connectivity index (χ3n) is 3.17. The molecular formula is C15H20N2O3. The Hall–Kier alpha value is -2.04. The lowest BCUT2D eigenvalue weighted by Gasteiger charge is -2.09. The number of benzene rings is 1. The van der Waals surface area contributed by atoms with Gasteiger partial charge in [0.2, 0.25) is 11.8 Å². The van der Waals surface area contributed by atoms with Gasteiger partial charge in [-0.05, 0) is 30.9 Å². The first-order chi connectivity index (χ1) is 9.69. The molecule has 0 bridgehead atoms. The van der Waals surface area contributed by atoms with E-state index < -0.39 is 0 Å². The molecule has 0 unspecified atom stereocenters. The van der Waals surface area contributed by atoms with Crippen LogP contribution >= 0.6 is 0 Å². The molecule has 0 saturated heterocycles. The molecule has 2 amide bonds. The van der Waals surface area contributed by atoms with Crippen LogP contribution in [0, 0.1) is 0 Å². The maximum Gasteiger partial charge on any atom is 0.229 e. The number of para-hydroxylation sites is 1. The molecular weight excluding hydrogens is 256 g/mol. The number of amides is 2. The first-order valence-electron chi connectivity index (χ1n) is 6.87. The molecule has 1 aromatic carbocycles. The van der Waals surface area contributed by atoms with Gasteiger partial charge in [0.1, 0.15) is 12.2 Å². The Morgan fingerprint density at radius 3 is 2.70 bits per heavy atom. The lowest BCUT2D eigenvalue weighted by molar-refractivity contribution is -0.129. The molecule has 1 aliphatic carbocycles. The molecule has 108 valence electrons. The van der Waals surface area contributed by atoms with Crippen molar-refractivity contribution < 1.29 is 14.3 Å². The summed E-state index contributed by atoms with van der Waals surface area (Å²) >= 11 is 0. The van der Waals surface area contributed by atoms with Crippen molar-refractivity contribution in [1.29, 1.82) is 0 Å². The largest absolute Gasteiger partial charge is 0.496 e. The minimum atomic E-state index is -0.238. The molecule has 0 heterocycles. The van der Waals surface area contributed by atoms with Crippen LogP contribution in [0.2, 0.25) is 0 Å². The number of nitrogens with one attached hydrogen (secondary N) is 2. The fourth-order valence-corrected chi connectivity index (χ4v) is 1.96. The number of hydrogen-bond donors (Lipinski definition) is 2. The molecule has 0 aliphatic heterocycles. The average Bonchev–Trinajstić information content (AvgIpc) is 3.23. The second-order valence-corrected chi connectivity index (χ2v) is 4.93. The molecule has 1 aromatic rings. The number of hydrogen-bond acceptors (Lipinski definition) is 3. The molecule has 20 heavy (non-hydrogen) atoms. The van der Waals surface area contributed by atoms with Crippen molar-refractivity contribution in [3.05, 3.63) is 29.8 Å². The van der Waals surface area contributed by atoms with Crippen LogP contribution in [0.4, 0.5) is 0 Å². The van der Waals surface area contributed by atoms with Gasteiger partial charge >= 0.3 is 0 Å². The summed E-state index contributed by atoms with van der Waals surface area (Å²) in [7, 11) is 1.62. The normalized spacial score (nSPS) is 13.7. The molecule has 2 N–H and O–H groups in total. The number of carbonyl (C=O) groups is 2. The zero-order chi connectivity index (χ0) is 14.4. The summed E-state index contributed by atoms with van der Waals surface area (Å²) in [5.74, 6) is 0.383. The minimum absolute atomic E-state index is 0.0948. The maximum absolute atomic E-state index is 11.6. The van der Waals surface area contributed by atoms with E-state index in [1.54, 1.807) is 7.11 Å². The van der Waals surface area contributed by atoms with Gasteiger partial charge in [-0.15, -0.1) is 0 Å². The highest BCUT2D eigenvalue weighted by Gasteiger charge is 2.23. The smallest absolute Gasteiger partial charge is 0.229 e. The molecule has 0 spiro atoms. The van der Waals surface area contributed by atoms with Gasteiger partial charge in [-0.2, -0.15) is 0 Å². The van der Waals surface area contributed by atoms with E-state index in [1.807, 2.05) is 24.3 Å². The van der Waals surface area contributed by atoms with Crippen LogP contribution < -0.4 is 15.4 Å². The molecule has 1 aliphatic rings. The molecule has 0 radical (unpaired) electrons. The van der Waals surface area contributed by atoms with Crippen molar-refractivity contribution in [2.45, 2.75) is 31.7 Å². The summed E-state index contributed by atoms with van der Waals surface area (Å²) < 4.78 is 5.24. The van der Waals surface area contributed by atoms with Crippen molar-refractivity contribution in [1.82, 2.24) is 10.6 Å². The number of ether oxygens (including phenoxy) is 1. The Kier molecular flexibility index (Phi) is 4.98. The van der Waals surface area contributed by atoms with E-state index in [1.165, 1.54) is 0 Å². The standard InChI is InChI=1S/C15H20N2O3/c1-20-13-5-3-2-4-11(13)8-9-16-14(18)10-15(19)17-12-6-7-12/h2-5,12H,6-10H2,1H3,(H,16,18)(H,17,19). The van der Waals surface area contributed by atoms with Gasteiger partial charge in [0.05, 0.1) is 7.11 Å². The van der Waals surface area contributed by atoms with Crippen molar-refractivity contribution in [3.63, 3.8) is 0 Å². The lowest BCUT2D eigenvalue weighted by atomic mass is 10.1. The predicted molar refractivity (Wildman–Crippen MR) is 75.5 cm³/mol. The Labute approximate surface area is 118 Å². The Morgan fingerprint density at radius 2 is 2.00 bits per heavy atom. The average molecular weight is 276 g/mol. The molecule has 1 saturated carbocycles. The second kappa shape index (κ2) is 6.93. The van der Waals surface area contributed by atoms with Crippen LogP contribution in [0.15, 0.2) is 24.3 Å². The van der Waals surface area contributed by atoms with Gasteiger partial charge in [0.25, 0.3) is 0 Å². The number of rotatable bonds is 7. The highest BCUT2D eigenvalue weighted by Crippen LogP contribution is 2.18. The third kappa shape index (κ3) is 4.57. The van der Waals surface area contributed by atoms with Crippen LogP contribution in [0.5, 0.6) is 5.75 Å². The SMILES string of the molecule is COc1ccccc1CCNC(=O)CC(=O)NC1CC1. The Morgan fingerprint density at radius 1 is 1.25 bits per heavy atom. The Balaban J connectivity index is 1.69. The molecule has 1 fully saturated rings. The van der Waals surface area contributed by atoms with Crippen LogP contribution in [0.25, 0.3) is 0 Å². The maximum atomic E-state index is 11.6. The van der Waals surface area contributed by atoms with E-state index >= 15 is 0 Å². The van der Waals surface area contributed by atoms with Crippen molar-refractivity contribution in [2.24, 2.45) is 0 Å². The lowest BCUT2D eigenvalue weighted by Crippen LogP contribution is -2.33. The van der Waals surface area contributed by atoms with E-state index in [4.69, 9.17) is 4.74 Å². The number of methoxy groups -OCH3 is 1. The first-order valence-corrected chi connectivity index (χ1v) is 6.87. The zero-order valence-electron chi connectivity index (χ0n) is 11.6. The Bertz CT molecular complexity index is 484.